The topological polar surface area (TPSA) is 112 Å². The van der Waals surface area contributed by atoms with Gasteiger partial charge in [-0.1, -0.05) is 12.1 Å². The summed E-state index contributed by atoms with van der Waals surface area (Å²) in [5.74, 6) is 1.55. The summed E-state index contributed by atoms with van der Waals surface area (Å²) in [6.07, 6.45) is 0. The molecule has 0 bridgehead atoms. The maximum atomic E-state index is 13.0. The second-order valence-corrected chi connectivity index (χ2v) is 8.46. The number of nitrogens with two attached hydrogens (primary N) is 1. The molecule has 0 radical (unpaired) electrons. The van der Waals surface area contributed by atoms with Gasteiger partial charge in [0.1, 0.15) is 18.1 Å². The molecule has 1 saturated carbocycles. The Morgan fingerprint density at radius 2 is 1.84 bits per heavy atom. The van der Waals surface area contributed by atoms with Crippen LogP contribution in [-0.4, -0.2) is 57.9 Å². The zero-order valence-electron chi connectivity index (χ0n) is 17.9. The lowest BCUT2D eigenvalue weighted by molar-refractivity contribution is 0.0929. The minimum Gasteiger partial charge on any atom is -0.492 e. The van der Waals surface area contributed by atoms with Crippen molar-refractivity contribution in [3.05, 3.63) is 58.7 Å². The fourth-order valence-corrected chi connectivity index (χ4v) is 4.70. The molecule has 1 aliphatic carbocycles. The summed E-state index contributed by atoms with van der Waals surface area (Å²) >= 11 is 0. The van der Waals surface area contributed by atoms with Crippen LogP contribution in [-0.2, 0) is 4.74 Å². The molecule has 168 valence electrons. The molecule has 4 atom stereocenters. The highest BCUT2D eigenvalue weighted by atomic mass is 16.5. The van der Waals surface area contributed by atoms with Crippen molar-refractivity contribution in [1.29, 1.82) is 0 Å². The molecule has 0 spiro atoms. The second-order valence-electron chi connectivity index (χ2n) is 8.46. The van der Waals surface area contributed by atoms with Crippen molar-refractivity contribution in [2.24, 2.45) is 17.6 Å². The van der Waals surface area contributed by atoms with Crippen LogP contribution in [0.2, 0.25) is 0 Å². The zero-order valence-corrected chi connectivity index (χ0v) is 17.9. The van der Waals surface area contributed by atoms with Crippen LogP contribution in [0.15, 0.2) is 36.4 Å². The van der Waals surface area contributed by atoms with E-state index in [-0.39, 0.29) is 23.8 Å². The Bertz CT molecular complexity index is 1030. The quantitative estimate of drug-likeness (QED) is 0.602. The van der Waals surface area contributed by atoms with E-state index in [9.17, 15) is 9.59 Å². The summed E-state index contributed by atoms with van der Waals surface area (Å²) in [5.41, 5.74) is 8.20. The third-order valence-corrected chi connectivity index (χ3v) is 6.54. The Hall–Kier alpha value is -3.10. The van der Waals surface area contributed by atoms with E-state index >= 15 is 0 Å². The number of carbonyl (C=O) groups excluding carboxylic acids is 2. The second kappa shape index (κ2) is 8.44. The van der Waals surface area contributed by atoms with E-state index in [2.05, 4.69) is 10.6 Å². The summed E-state index contributed by atoms with van der Waals surface area (Å²) in [4.78, 5) is 25.6. The lowest BCUT2D eigenvalue weighted by Gasteiger charge is -2.14. The van der Waals surface area contributed by atoms with Crippen LogP contribution in [0.3, 0.4) is 0 Å². The van der Waals surface area contributed by atoms with Crippen LogP contribution in [0, 0.1) is 11.8 Å². The molecular formula is C24H27N3O5. The van der Waals surface area contributed by atoms with E-state index in [1.807, 2.05) is 30.3 Å². The Labute approximate surface area is 186 Å². The highest BCUT2D eigenvalue weighted by molar-refractivity contribution is 6.02. The van der Waals surface area contributed by atoms with Gasteiger partial charge < -0.3 is 30.6 Å². The molecule has 3 aliphatic rings. The maximum Gasteiger partial charge on any atom is 0.254 e. The van der Waals surface area contributed by atoms with Gasteiger partial charge in [0.25, 0.3) is 11.8 Å². The normalized spacial score (nSPS) is 24.8. The Morgan fingerprint density at radius 3 is 2.53 bits per heavy atom. The number of amides is 2. The van der Waals surface area contributed by atoms with Gasteiger partial charge in [-0.2, -0.15) is 0 Å². The largest absolute Gasteiger partial charge is 0.492 e. The molecule has 1 unspecified atom stereocenters. The van der Waals surface area contributed by atoms with Crippen molar-refractivity contribution in [1.82, 2.24) is 10.6 Å². The fraction of sp³-hybridized carbons (Fsp3) is 0.417. The van der Waals surface area contributed by atoms with Crippen molar-refractivity contribution in [2.75, 3.05) is 40.0 Å². The van der Waals surface area contributed by atoms with Gasteiger partial charge in [-0.15, -0.1) is 0 Å². The molecule has 2 aromatic carbocycles. The number of hydrogen-bond acceptors (Lipinski definition) is 6. The van der Waals surface area contributed by atoms with Crippen LogP contribution in [0.1, 0.15) is 37.8 Å². The van der Waals surface area contributed by atoms with Crippen molar-refractivity contribution >= 4 is 11.8 Å². The van der Waals surface area contributed by atoms with Gasteiger partial charge in [-0.25, -0.2) is 0 Å². The van der Waals surface area contributed by atoms with Crippen LogP contribution in [0.5, 0.6) is 11.5 Å². The van der Waals surface area contributed by atoms with E-state index in [4.69, 9.17) is 19.9 Å². The number of ether oxygens (including phenoxy) is 3. The summed E-state index contributed by atoms with van der Waals surface area (Å²) in [7, 11) is 1.57. The van der Waals surface area contributed by atoms with Gasteiger partial charge >= 0.3 is 0 Å². The summed E-state index contributed by atoms with van der Waals surface area (Å²) in [5, 5.41) is 5.76. The van der Waals surface area contributed by atoms with Gasteiger partial charge in [0.05, 0.1) is 25.4 Å². The third kappa shape index (κ3) is 3.69. The first-order chi connectivity index (χ1) is 15.6. The van der Waals surface area contributed by atoms with E-state index in [1.54, 1.807) is 13.1 Å². The van der Waals surface area contributed by atoms with E-state index in [0.29, 0.717) is 61.7 Å². The lowest BCUT2D eigenvalue weighted by atomic mass is 9.90. The molecule has 5 rings (SSSR count). The number of rotatable bonds is 7. The highest BCUT2D eigenvalue weighted by Crippen LogP contribution is 2.45. The van der Waals surface area contributed by atoms with Gasteiger partial charge in [-0.3, -0.25) is 9.59 Å². The predicted octanol–water partition coefficient (Wildman–Crippen LogP) is 1.28. The van der Waals surface area contributed by atoms with Crippen molar-refractivity contribution in [3.8, 4) is 11.5 Å². The van der Waals surface area contributed by atoms with E-state index in [1.165, 1.54) is 0 Å². The first-order valence-corrected chi connectivity index (χ1v) is 10.9. The number of fused-ring (bicyclic) bond motifs is 2. The molecule has 2 aromatic rings. The minimum atomic E-state index is -0.279. The third-order valence-electron chi connectivity index (χ3n) is 6.54. The SMILES string of the molecule is CNC(=O)c1cc(C(=O)N[C@H]2[C@@H]3COC[C@@H]32)cc2c1OCC2c1ccc(OCCN)cc1. The molecule has 2 amide bonds. The summed E-state index contributed by atoms with van der Waals surface area (Å²) in [6.45, 7) is 2.71. The molecule has 8 heteroatoms. The van der Waals surface area contributed by atoms with Crippen molar-refractivity contribution < 1.29 is 23.8 Å². The molecule has 32 heavy (non-hydrogen) atoms. The zero-order chi connectivity index (χ0) is 22.2. The van der Waals surface area contributed by atoms with E-state index < -0.39 is 0 Å². The first kappa shape index (κ1) is 20.8. The highest BCUT2D eigenvalue weighted by Gasteiger charge is 2.54. The standard InChI is InChI=1S/C24H27N3O5/c1-26-24(29)17-9-14(23(28)27-21-19-10-30-11-20(19)21)8-16-18(12-32-22(16)17)13-2-4-15(5-3-13)31-7-6-25/h2-5,8-9,18-21H,6-7,10-12,25H2,1H3,(H,26,29)(H,27,28)/t18?,19-,20+,21+. The Morgan fingerprint density at radius 1 is 1.09 bits per heavy atom. The van der Waals surface area contributed by atoms with Crippen LogP contribution in [0.25, 0.3) is 0 Å². The minimum absolute atomic E-state index is 0.0848. The molecule has 2 heterocycles. The van der Waals surface area contributed by atoms with Gasteiger partial charge in [-0.05, 0) is 29.8 Å². The van der Waals surface area contributed by atoms with Crippen molar-refractivity contribution in [2.45, 2.75) is 12.0 Å². The fourth-order valence-electron chi connectivity index (χ4n) is 4.70. The van der Waals surface area contributed by atoms with Crippen LogP contribution >= 0.6 is 0 Å². The molecule has 2 fully saturated rings. The van der Waals surface area contributed by atoms with Gasteiger partial charge in [0.2, 0.25) is 0 Å². The van der Waals surface area contributed by atoms with Gasteiger partial charge in [0, 0.05) is 48.5 Å². The number of benzene rings is 2. The van der Waals surface area contributed by atoms with Crippen molar-refractivity contribution in [3.63, 3.8) is 0 Å². The smallest absolute Gasteiger partial charge is 0.254 e. The van der Waals surface area contributed by atoms with Crippen LogP contribution < -0.4 is 25.8 Å². The molecular weight excluding hydrogens is 410 g/mol. The summed E-state index contributed by atoms with van der Waals surface area (Å²) < 4.78 is 16.9. The average molecular weight is 437 g/mol. The number of carbonyl (C=O) groups is 2. The lowest BCUT2D eigenvalue weighted by Crippen LogP contribution is -2.30. The maximum absolute atomic E-state index is 13.0. The Kier molecular flexibility index (Phi) is 5.48. The molecule has 0 aromatic heterocycles. The summed E-state index contributed by atoms with van der Waals surface area (Å²) in [6, 6.07) is 11.4. The molecule has 2 aliphatic heterocycles. The molecule has 1 saturated heterocycles. The predicted molar refractivity (Wildman–Crippen MR) is 117 cm³/mol. The van der Waals surface area contributed by atoms with E-state index in [0.717, 1.165) is 16.9 Å². The van der Waals surface area contributed by atoms with Gasteiger partial charge in [0.15, 0.2) is 0 Å². The van der Waals surface area contributed by atoms with Crippen LogP contribution in [0.4, 0.5) is 0 Å². The average Bonchev–Trinajstić information content (AvgIpc) is 3.18. The molecule has 4 N–H and O–H groups in total. The Balaban J connectivity index is 1.43. The number of nitrogens with one attached hydrogen (secondary N) is 2. The molecule has 8 nitrogen and oxygen atoms in total. The monoisotopic (exact) mass is 437 g/mol. The number of hydrogen-bond donors (Lipinski definition) is 3. The first-order valence-electron chi connectivity index (χ1n) is 10.9.